The number of nitro groups is 1. The van der Waals surface area contributed by atoms with E-state index in [4.69, 9.17) is 8.83 Å². The third kappa shape index (κ3) is 3.33. The molecule has 3 aromatic rings. The molecule has 0 bridgehead atoms. The Bertz CT molecular complexity index is 1080. The van der Waals surface area contributed by atoms with Crippen LogP contribution >= 0.6 is 0 Å². The van der Waals surface area contributed by atoms with Gasteiger partial charge in [0.05, 0.1) is 17.2 Å². The van der Waals surface area contributed by atoms with Crippen molar-refractivity contribution in [1.82, 2.24) is 0 Å². The molecule has 0 unspecified atom stereocenters. The Morgan fingerprint density at radius 2 is 1.77 bits per heavy atom. The molecule has 1 aromatic carbocycles. The fraction of sp³-hybridized carbons (Fsp3) is 0. The van der Waals surface area contributed by atoms with Crippen molar-refractivity contribution in [2.45, 2.75) is 4.90 Å². The molecule has 8 nitrogen and oxygen atoms in total. The molecule has 0 aliphatic carbocycles. The molecule has 0 saturated heterocycles. The Morgan fingerprint density at radius 1 is 1.04 bits per heavy atom. The maximum atomic E-state index is 12.9. The highest BCUT2D eigenvalue weighted by Crippen LogP contribution is 2.27. The van der Waals surface area contributed by atoms with Crippen molar-refractivity contribution in [1.29, 1.82) is 0 Å². The highest BCUT2D eigenvalue weighted by Gasteiger charge is 2.30. The zero-order valence-corrected chi connectivity index (χ0v) is 13.9. The summed E-state index contributed by atoms with van der Waals surface area (Å²) in [6.45, 7) is 0. The summed E-state index contributed by atoms with van der Waals surface area (Å²) in [7, 11) is -4.21. The van der Waals surface area contributed by atoms with Gasteiger partial charge in [-0.25, -0.2) is 8.42 Å². The number of carbonyl (C=O) groups is 1. The van der Waals surface area contributed by atoms with E-state index in [0.29, 0.717) is 0 Å². The van der Waals surface area contributed by atoms with E-state index in [1.54, 1.807) is 6.07 Å². The van der Waals surface area contributed by atoms with Gasteiger partial charge in [0.15, 0.2) is 5.76 Å². The fourth-order valence-corrected chi connectivity index (χ4v) is 3.55. The summed E-state index contributed by atoms with van der Waals surface area (Å²) in [6, 6.07) is 12.4. The van der Waals surface area contributed by atoms with Crippen LogP contribution in [0.5, 0.6) is 0 Å². The number of benzene rings is 1. The molecular formula is C17H11NO7S. The maximum Gasteiger partial charge on any atom is 0.433 e. The Balaban J connectivity index is 2.15. The van der Waals surface area contributed by atoms with Crippen LogP contribution in [0.15, 0.2) is 79.5 Å². The van der Waals surface area contributed by atoms with Gasteiger partial charge in [-0.15, -0.1) is 0 Å². The first-order valence-electron chi connectivity index (χ1n) is 7.24. The van der Waals surface area contributed by atoms with Gasteiger partial charge in [-0.3, -0.25) is 14.9 Å². The molecule has 0 N–H and O–H groups in total. The van der Waals surface area contributed by atoms with E-state index in [0.717, 1.165) is 12.1 Å². The van der Waals surface area contributed by atoms with E-state index in [2.05, 4.69) is 0 Å². The Labute approximate surface area is 147 Å². The predicted octanol–water partition coefficient (Wildman–Crippen LogP) is 3.48. The van der Waals surface area contributed by atoms with Crippen LogP contribution in [0.3, 0.4) is 0 Å². The van der Waals surface area contributed by atoms with Gasteiger partial charge in [0.2, 0.25) is 15.6 Å². The van der Waals surface area contributed by atoms with E-state index < -0.39 is 31.3 Å². The summed E-state index contributed by atoms with van der Waals surface area (Å²) in [5.74, 6) is -1.79. The van der Waals surface area contributed by atoms with Gasteiger partial charge in [0.25, 0.3) is 0 Å². The van der Waals surface area contributed by atoms with Crippen molar-refractivity contribution >= 4 is 27.6 Å². The molecule has 0 amide bonds. The summed E-state index contributed by atoms with van der Waals surface area (Å²) in [5.41, 5.74) is 0. The minimum Gasteiger partial charge on any atom is -0.461 e. The molecule has 2 heterocycles. The number of hydrogen-bond acceptors (Lipinski definition) is 7. The lowest BCUT2D eigenvalue weighted by molar-refractivity contribution is -0.402. The third-order valence-electron chi connectivity index (χ3n) is 3.38. The van der Waals surface area contributed by atoms with Gasteiger partial charge in [0, 0.05) is 6.08 Å². The van der Waals surface area contributed by atoms with Crippen molar-refractivity contribution in [3.8, 4) is 0 Å². The summed E-state index contributed by atoms with van der Waals surface area (Å²) >= 11 is 0. The van der Waals surface area contributed by atoms with Gasteiger partial charge >= 0.3 is 5.88 Å². The van der Waals surface area contributed by atoms with Crippen LogP contribution in [0.4, 0.5) is 5.88 Å². The first kappa shape index (κ1) is 17.4. The average Bonchev–Trinajstić information content (AvgIpc) is 3.31. The smallest absolute Gasteiger partial charge is 0.433 e. The largest absolute Gasteiger partial charge is 0.461 e. The molecule has 0 radical (unpaired) electrons. The van der Waals surface area contributed by atoms with Crippen LogP contribution < -0.4 is 0 Å². The average molecular weight is 373 g/mol. The number of nitrogens with zero attached hydrogens (tertiary/aromatic N) is 1. The summed E-state index contributed by atoms with van der Waals surface area (Å²) in [4.78, 5) is 21.9. The van der Waals surface area contributed by atoms with Crippen molar-refractivity contribution in [2.75, 3.05) is 0 Å². The van der Waals surface area contributed by atoms with Gasteiger partial charge in [0.1, 0.15) is 15.6 Å². The topological polar surface area (TPSA) is 121 Å². The maximum absolute atomic E-state index is 12.9. The minimum atomic E-state index is -4.21. The molecule has 26 heavy (non-hydrogen) atoms. The lowest BCUT2D eigenvalue weighted by atomic mass is 10.2. The summed E-state index contributed by atoms with van der Waals surface area (Å²) < 4.78 is 35.8. The van der Waals surface area contributed by atoms with Crippen molar-refractivity contribution < 1.29 is 27.0 Å². The normalized spacial score (nSPS) is 12.1. The van der Waals surface area contributed by atoms with Crippen LogP contribution in [0.25, 0.3) is 6.08 Å². The second-order valence-electron chi connectivity index (χ2n) is 5.06. The van der Waals surface area contributed by atoms with Gasteiger partial charge in [-0.1, -0.05) is 18.2 Å². The number of rotatable bonds is 6. The van der Waals surface area contributed by atoms with E-state index in [1.165, 1.54) is 48.7 Å². The molecule has 0 fully saturated rings. The van der Waals surface area contributed by atoms with E-state index in [9.17, 15) is 23.3 Å². The first-order valence-corrected chi connectivity index (χ1v) is 8.72. The molecule has 3 rings (SSSR count). The van der Waals surface area contributed by atoms with Gasteiger partial charge in [-0.2, -0.15) is 0 Å². The SMILES string of the molecule is O=C(/C(=C\c1ccc([N+](=O)[O-])o1)S(=O)(=O)c1ccccc1)c1ccco1. The minimum absolute atomic E-state index is 0.104. The third-order valence-corrected chi connectivity index (χ3v) is 5.15. The van der Waals surface area contributed by atoms with Crippen LogP contribution in [-0.4, -0.2) is 19.1 Å². The molecule has 0 spiro atoms. The van der Waals surface area contributed by atoms with Crippen LogP contribution in [0.1, 0.15) is 16.3 Å². The molecule has 0 aliphatic rings. The van der Waals surface area contributed by atoms with E-state index >= 15 is 0 Å². The Kier molecular flexibility index (Phi) is 4.55. The quantitative estimate of drug-likeness (QED) is 0.281. The second-order valence-corrected chi connectivity index (χ2v) is 6.98. The van der Waals surface area contributed by atoms with Crippen molar-refractivity contribution in [3.05, 3.63) is 87.4 Å². The predicted molar refractivity (Wildman–Crippen MR) is 90.0 cm³/mol. The molecular weight excluding hydrogens is 362 g/mol. The van der Waals surface area contributed by atoms with Crippen molar-refractivity contribution in [2.24, 2.45) is 0 Å². The standard InChI is InChI=1S/C17H11NO7S/c19-17(14-7-4-10-24-14)15(11-12-8-9-16(25-12)18(20)21)26(22,23)13-5-2-1-3-6-13/h1-11H/b15-11+. The highest BCUT2D eigenvalue weighted by atomic mass is 32.2. The number of sulfone groups is 1. The monoisotopic (exact) mass is 373 g/mol. The Morgan fingerprint density at radius 3 is 2.35 bits per heavy atom. The fourth-order valence-electron chi connectivity index (χ4n) is 2.17. The highest BCUT2D eigenvalue weighted by molar-refractivity contribution is 7.96. The lowest BCUT2D eigenvalue weighted by Gasteiger charge is -2.07. The number of hydrogen-bond donors (Lipinski definition) is 0. The zero-order valence-electron chi connectivity index (χ0n) is 13.1. The molecule has 132 valence electrons. The molecule has 2 aromatic heterocycles. The van der Waals surface area contributed by atoms with Gasteiger partial charge < -0.3 is 8.83 Å². The molecule has 0 saturated carbocycles. The number of Topliss-reactive ketones (excluding diaryl/α,β-unsaturated/α-hetero) is 1. The van der Waals surface area contributed by atoms with Crippen LogP contribution in [0, 0.1) is 10.1 Å². The number of ketones is 1. The molecule has 9 heteroatoms. The zero-order chi connectivity index (χ0) is 18.7. The van der Waals surface area contributed by atoms with Gasteiger partial charge in [-0.05, 0) is 30.3 Å². The summed E-state index contributed by atoms with van der Waals surface area (Å²) in [5, 5.41) is 10.7. The number of allylic oxidation sites excluding steroid dienone is 1. The number of furan rings is 2. The number of carbonyl (C=O) groups excluding carboxylic acids is 1. The van der Waals surface area contributed by atoms with Crippen LogP contribution in [-0.2, 0) is 9.84 Å². The Hall–Kier alpha value is -3.46. The lowest BCUT2D eigenvalue weighted by Crippen LogP contribution is -2.14. The van der Waals surface area contributed by atoms with E-state index in [-0.39, 0.29) is 16.4 Å². The molecule has 0 atom stereocenters. The molecule has 0 aliphatic heterocycles. The second kappa shape index (κ2) is 6.81. The van der Waals surface area contributed by atoms with Crippen molar-refractivity contribution in [3.63, 3.8) is 0 Å². The summed E-state index contributed by atoms with van der Waals surface area (Å²) in [6.07, 6.45) is 2.18. The first-order chi connectivity index (χ1) is 12.4. The van der Waals surface area contributed by atoms with Crippen LogP contribution in [0.2, 0.25) is 0 Å². The van der Waals surface area contributed by atoms with E-state index in [1.807, 2.05) is 0 Å².